The Kier molecular flexibility index (Phi) is 4.50. The SMILES string of the molecule is O=C1NCCC(F)(F)CC1NS(=O)(=O)c1ccc(Cl)cc1. The Bertz CT molecular complexity index is 634. The lowest BCUT2D eigenvalue weighted by Gasteiger charge is -2.19. The number of sulfonamides is 1. The Morgan fingerprint density at radius 2 is 1.90 bits per heavy atom. The maximum absolute atomic E-state index is 13.5. The normalized spacial score (nSPS) is 22.4. The minimum atomic E-state index is -4.08. The number of amides is 1. The highest BCUT2D eigenvalue weighted by Gasteiger charge is 2.40. The lowest BCUT2D eigenvalue weighted by atomic mass is 10.1. The van der Waals surface area contributed by atoms with E-state index in [1.807, 2.05) is 4.72 Å². The number of hydrogen-bond acceptors (Lipinski definition) is 3. The molecule has 2 N–H and O–H groups in total. The summed E-state index contributed by atoms with van der Waals surface area (Å²) in [5, 5.41) is 2.61. The van der Waals surface area contributed by atoms with Gasteiger partial charge in [0.25, 0.3) is 5.92 Å². The zero-order valence-electron chi connectivity index (χ0n) is 10.8. The van der Waals surface area contributed by atoms with E-state index < -0.39 is 40.7 Å². The molecule has 1 aromatic rings. The van der Waals surface area contributed by atoms with E-state index in [1.165, 1.54) is 24.3 Å². The van der Waals surface area contributed by atoms with E-state index in [-0.39, 0.29) is 11.4 Å². The van der Waals surface area contributed by atoms with Crippen LogP contribution in [0.2, 0.25) is 5.02 Å². The molecule has 0 aliphatic carbocycles. The number of benzene rings is 1. The van der Waals surface area contributed by atoms with E-state index in [0.29, 0.717) is 5.02 Å². The van der Waals surface area contributed by atoms with Crippen molar-refractivity contribution in [2.75, 3.05) is 6.54 Å². The van der Waals surface area contributed by atoms with E-state index in [0.717, 1.165) is 0 Å². The minimum absolute atomic E-state index is 0.146. The van der Waals surface area contributed by atoms with E-state index in [4.69, 9.17) is 11.6 Å². The van der Waals surface area contributed by atoms with Gasteiger partial charge in [-0.25, -0.2) is 17.2 Å². The second-order valence-corrected chi connectivity index (χ2v) is 6.88. The van der Waals surface area contributed by atoms with Gasteiger partial charge in [-0.3, -0.25) is 4.79 Å². The van der Waals surface area contributed by atoms with Gasteiger partial charge in [-0.2, -0.15) is 4.72 Å². The Hall–Kier alpha value is -1.25. The van der Waals surface area contributed by atoms with Crippen LogP contribution >= 0.6 is 11.6 Å². The second kappa shape index (κ2) is 5.86. The summed E-state index contributed by atoms with van der Waals surface area (Å²) in [4.78, 5) is 11.5. The third kappa shape index (κ3) is 4.12. The van der Waals surface area contributed by atoms with Crippen molar-refractivity contribution in [3.8, 4) is 0 Å². The molecule has 9 heteroatoms. The molecule has 0 saturated carbocycles. The quantitative estimate of drug-likeness (QED) is 0.877. The van der Waals surface area contributed by atoms with Crippen molar-refractivity contribution in [2.45, 2.75) is 29.7 Å². The first-order valence-electron chi connectivity index (χ1n) is 6.13. The van der Waals surface area contributed by atoms with Crippen LogP contribution in [0.25, 0.3) is 0 Å². The largest absolute Gasteiger partial charge is 0.354 e. The summed E-state index contributed by atoms with van der Waals surface area (Å²) in [6, 6.07) is 3.67. The first-order valence-corrected chi connectivity index (χ1v) is 7.99. The van der Waals surface area contributed by atoms with E-state index in [9.17, 15) is 22.0 Å². The molecule has 5 nitrogen and oxygen atoms in total. The molecule has 1 aliphatic heterocycles. The number of halogens is 3. The molecule has 116 valence electrons. The van der Waals surface area contributed by atoms with Crippen molar-refractivity contribution in [3.05, 3.63) is 29.3 Å². The summed E-state index contributed by atoms with van der Waals surface area (Å²) in [7, 11) is -4.08. The molecule has 1 unspecified atom stereocenters. The number of nitrogens with one attached hydrogen (secondary N) is 2. The van der Waals surface area contributed by atoms with Crippen LogP contribution in [0.5, 0.6) is 0 Å². The molecule has 1 aliphatic rings. The average Bonchev–Trinajstić information content (AvgIpc) is 2.48. The van der Waals surface area contributed by atoms with E-state index >= 15 is 0 Å². The van der Waals surface area contributed by atoms with Crippen LogP contribution < -0.4 is 10.0 Å². The van der Waals surface area contributed by atoms with Crippen molar-refractivity contribution in [1.82, 2.24) is 10.0 Å². The van der Waals surface area contributed by atoms with Crippen molar-refractivity contribution in [3.63, 3.8) is 0 Å². The van der Waals surface area contributed by atoms with Gasteiger partial charge in [0.1, 0.15) is 6.04 Å². The van der Waals surface area contributed by atoms with Gasteiger partial charge >= 0.3 is 0 Å². The highest BCUT2D eigenvalue weighted by atomic mass is 35.5. The predicted octanol–water partition coefficient (Wildman–Crippen LogP) is 1.53. The summed E-state index contributed by atoms with van der Waals surface area (Å²) < 4.78 is 53.2. The number of alkyl halides is 2. The number of rotatable bonds is 3. The van der Waals surface area contributed by atoms with Crippen LogP contribution in [0, 0.1) is 0 Å². The fourth-order valence-corrected chi connectivity index (χ4v) is 3.27. The third-order valence-electron chi connectivity index (χ3n) is 3.03. The van der Waals surface area contributed by atoms with Crippen molar-refractivity contribution < 1.29 is 22.0 Å². The standard InChI is InChI=1S/C12H13ClF2N2O3S/c13-8-1-3-9(4-2-8)21(19,20)17-10-7-12(14,15)5-6-16-11(10)18/h1-4,10,17H,5-7H2,(H,16,18). The molecule has 1 heterocycles. The Morgan fingerprint density at radius 3 is 2.52 bits per heavy atom. The first-order chi connectivity index (χ1) is 9.70. The van der Waals surface area contributed by atoms with Gasteiger partial charge in [0, 0.05) is 24.4 Å². The van der Waals surface area contributed by atoms with Crippen molar-refractivity contribution >= 4 is 27.5 Å². The maximum atomic E-state index is 13.5. The summed E-state index contributed by atoms with van der Waals surface area (Å²) in [5.41, 5.74) is 0. The van der Waals surface area contributed by atoms with Crippen LogP contribution in [-0.4, -0.2) is 32.8 Å². The molecular formula is C12H13ClF2N2O3S. The summed E-state index contributed by atoms with van der Waals surface area (Å²) in [6.07, 6.45) is -1.39. The zero-order valence-corrected chi connectivity index (χ0v) is 12.3. The van der Waals surface area contributed by atoms with Crippen molar-refractivity contribution in [1.29, 1.82) is 0 Å². The Labute approximate surface area is 125 Å². The molecule has 1 amide bonds. The summed E-state index contributed by atoms with van der Waals surface area (Å²) >= 11 is 5.66. The lowest BCUT2D eigenvalue weighted by molar-refractivity contribution is -0.123. The van der Waals surface area contributed by atoms with Crippen LogP contribution in [0.15, 0.2) is 29.2 Å². The fourth-order valence-electron chi connectivity index (χ4n) is 1.95. The van der Waals surface area contributed by atoms with Gasteiger partial charge in [0.2, 0.25) is 15.9 Å². The molecule has 0 bridgehead atoms. The molecule has 1 fully saturated rings. The van der Waals surface area contributed by atoms with Gasteiger partial charge in [-0.1, -0.05) is 11.6 Å². The van der Waals surface area contributed by atoms with Crippen LogP contribution in [0.1, 0.15) is 12.8 Å². The van der Waals surface area contributed by atoms with E-state index in [2.05, 4.69) is 5.32 Å². The monoisotopic (exact) mass is 338 g/mol. The molecular weight excluding hydrogens is 326 g/mol. The van der Waals surface area contributed by atoms with Crippen LogP contribution in [0.3, 0.4) is 0 Å². The summed E-state index contributed by atoms with van der Waals surface area (Å²) in [6.45, 7) is -0.189. The molecule has 1 saturated heterocycles. The second-order valence-electron chi connectivity index (χ2n) is 4.73. The van der Waals surface area contributed by atoms with Gasteiger partial charge in [-0.15, -0.1) is 0 Å². The molecule has 2 rings (SSSR count). The fraction of sp³-hybridized carbons (Fsp3) is 0.417. The van der Waals surface area contributed by atoms with Gasteiger partial charge in [0.05, 0.1) is 4.90 Å². The molecule has 21 heavy (non-hydrogen) atoms. The van der Waals surface area contributed by atoms with Gasteiger partial charge in [0.15, 0.2) is 0 Å². The molecule has 1 aromatic carbocycles. The Balaban J connectivity index is 2.22. The highest BCUT2D eigenvalue weighted by Crippen LogP contribution is 2.27. The van der Waals surface area contributed by atoms with Crippen molar-refractivity contribution in [2.24, 2.45) is 0 Å². The topological polar surface area (TPSA) is 75.3 Å². The number of carbonyl (C=O) groups is 1. The predicted molar refractivity (Wildman–Crippen MR) is 72.8 cm³/mol. The molecule has 1 atom stereocenters. The number of carbonyl (C=O) groups excluding carboxylic acids is 1. The smallest absolute Gasteiger partial charge is 0.251 e. The minimum Gasteiger partial charge on any atom is -0.354 e. The Morgan fingerprint density at radius 1 is 1.29 bits per heavy atom. The maximum Gasteiger partial charge on any atom is 0.251 e. The first kappa shape index (κ1) is 16.1. The lowest BCUT2D eigenvalue weighted by Crippen LogP contribution is -2.46. The zero-order chi connectivity index (χ0) is 15.7. The van der Waals surface area contributed by atoms with Gasteiger partial charge < -0.3 is 5.32 Å². The molecule has 0 aromatic heterocycles. The molecule has 0 radical (unpaired) electrons. The average molecular weight is 339 g/mol. The number of hydrogen-bond donors (Lipinski definition) is 2. The van der Waals surface area contributed by atoms with Gasteiger partial charge in [-0.05, 0) is 24.3 Å². The third-order valence-corrected chi connectivity index (χ3v) is 4.77. The van der Waals surface area contributed by atoms with Crippen LogP contribution in [0.4, 0.5) is 8.78 Å². The highest BCUT2D eigenvalue weighted by molar-refractivity contribution is 7.89. The molecule has 0 spiro atoms. The van der Waals surface area contributed by atoms with E-state index in [1.54, 1.807) is 0 Å². The summed E-state index contributed by atoms with van der Waals surface area (Å²) in [5.74, 6) is -3.86. The van der Waals surface area contributed by atoms with Crippen LogP contribution in [-0.2, 0) is 14.8 Å².